The minimum absolute atomic E-state index is 0.0721. The summed E-state index contributed by atoms with van der Waals surface area (Å²) in [5.74, 6) is -1.45. The monoisotopic (exact) mass is 356 g/mol. The lowest BCUT2D eigenvalue weighted by atomic mass is 9.87. The number of amides is 1. The smallest absolute Gasteiger partial charge is 0.431 e. The van der Waals surface area contributed by atoms with Gasteiger partial charge in [0.2, 0.25) is 0 Å². The van der Waals surface area contributed by atoms with Crippen molar-refractivity contribution in [1.82, 2.24) is 5.01 Å². The number of aliphatic hydroxyl groups is 1. The van der Waals surface area contributed by atoms with E-state index < -0.39 is 29.4 Å². The number of rotatable bonds is 2. The highest BCUT2D eigenvalue weighted by Gasteiger charge is 2.59. The summed E-state index contributed by atoms with van der Waals surface area (Å²) in [6, 6.07) is 5.95. The number of hydrogen-bond donors (Lipinski definition) is 1. The summed E-state index contributed by atoms with van der Waals surface area (Å²) >= 11 is 0. The van der Waals surface area contributed by atoms with E-state index in [4.69, 9.17) is 4.74 Å². The molecule has 1 aliphatic heterocycles. The average molecular weight is 356 g/mol. The van der Waals surface area contributed by atoms with Crippen molar-refractivity contribution in [3.63, 3.8) is 0 Å². The Labute approximate surface area is 143 Å². The van der Waals surface area contributed by atoms with Crippen LogP contribution in [0.1, 0.15) is 42.5 Å². The zero-order valence-electron chi connectivity index (χ0n) is 13.7. The Morgan fingerprint density at radius 2 is 1.96 bits per heavy atom. The van der Waals surface area contributed by atoms with E-state index in [-0.39, 0.29) is 18.4 Å². The van der Waals surface area contributed by atoms with Crippen LogP contribution in [0.5, 0.6) is 5.75 Å². The van der Waals surface area contributed by atoms with Crippen LogP contribution in [0.25, 0.3) is 0 Å². The van der Waals surface area contributed by atoms with Gasteiger partial charge in [-0.1, -0.05) is 12.8 Å². The summed E-state index contributed by atoms with van der Waals surface area (Å²) in [6.07, 6.45) is -2.64. The molecule has 1 saturated carbocycles. The van der Waals surface area contributed by atoms with E-state index >= 15 is 0 Å². The van der Waals surface area contributed by atoms with Gasteiger partial charge < -0.3 is 9.84 Å². The largest absolute Gasteiger partial charge is 0.497 e. The Hall–Kier alpha value is -2.09. The van der Waals surface area contributed by atoms with E-state index in [9.17, 15) is 23.1 Å². The summed E-state index contributed by atoms with van der Waals surface area (Å²) in [5.41, 5.74) is -2.86. The number of hydrogen-bond acceptors (Lipinski definition) is 4. The van der Waals surface area contributed by atoms with Gasteiger partial charge in [-0.3, -0.25) is 4.79 Å². The third kappa shape index (κ3) is 3.10. The first kappa shape index (κ1) is 17.7. The van der Waals surface area contributed by atoms with Crippen LogP contribution in [-0.4, -0.2) is 40.7 Å². The number of alkyl halides is 3. The van der Waals surface area contributed by atoms with Crippen LogP contribution in [-0.2, 0) is 0 Å². The summed E-state index contributed by atoms with van der Waals surface area (Å²) in [7, 11) is 1.47. The minimum Gasteiger partial charge on any atom is -0.497 e. The highest BCUT2D eigenvalue weighted by Crippen LogP contribution is 2.45. The van der Waals surface area contributed by atoms with E-state index in [2.05, 4.69) is 5.10 Å². The first-order valence-electron chi connectivity index (χ1n) is 8.14. The van der Waals surface area contributed by atoms with Crippen molar-refractivity contribution in [2.24, 2.45) is 11.0 Å². The fourth-order valence-electron chi connectivity index (χ4n) is 3.52. The molecule has 0 spiro atoms. The second-order valence-electron chi connectivity index (χ2n) is 6.36. The van der Waals surface area contributed by atoms with Crippen LogP contribution in [0.4, 0.5) is 13.2 Å². The van der Waals surface area contributed by atoms with E-state index in [1.807, 2.05) is 0 Å². The number of halogens is 3. The van der Waals surface area contributed by atoms with E-state index in [0.29, 0.717) is 30.0 Å². The Morgan fingerprint density at radius 1 is 1.28 bits per heavy atom. The molecule has 8 heteroatoms. The first-order chi connectivity index (χ1) is 11.8. The van der Waals surface area contributed by atoms with Gasteiger partial charge in [-0.2, -0.15) is 23.3 Å². The second kappa shape index (κ2) is 6.33. The SMILES string of the molecule is COc1ccc(C(=O)N2N=C(C(F)(F)F)[C@H]3CCCCC[C@@]32O)cc1. The van der Waals surface area contributed by atoms with Gasteiger partial charge in [-0.25, -0.2) is 0 Å². The van der Waals surface area contributed by atoms with Gasteiger partial charge in [0.25, 0.3) is 5.91 Å². The van der Waals surface area contributed by atoms with Crippen molar-refractivity contribution in [1.29, 1.82) is 0 Å². The molecule has 1 aliphatic carbocycles. The highest BCUT2D eigenvalue weighted by molar-refractivity contribution is 6.00. The van der Waals surface area contributed by atoms with Gasteiger partial charge in [0.1, 0.15) is 11.5 Å². The predicted octanol–water partition coefficient (Wildman–Crippen LogP) is 3.34. The van der Waals surface area contributed by atoms with Crippen molar-refractivity contribution in [3.05, 3.63) is 29.8 Å². The summed E-state index contributed by atoms with van der Waals surface area (Å²) in [5, 5.41) is 15.1. The number of ether oxygens (including phenoxy) is 1. The molecule has 0 aromatic heterocycles. The van der Waals surface area contributed by atoms with E-state index in [0.717, 1.165) is 0 Å². The Bertz CT molecular complexity index is 687. The molecule has 136 valence electrons. The number of hydrazone groups is 1. The molecule has 25 heavy (non-hydrogen) atoms. The molecule has 0 bridgehead atoms. The van der Waals surface area contributed by atoms with Gasteiger partial charge in [-0.15, -0.1) is 0 Å². The van der Waals surface area contributed by atoms with Gasteiger partial charge in [-0.05, 0) is 43.5 Å². The van der Waals surface area contributed by atoms with E-state index in [1.165, 1.54) is 31.4 Å². The number of carbonyl (C=O) groups excluding carboxylic acids is 1. The third-order valence-electron chi connectivity index (χ3n) is 4.82. The van der Waals surface area contributed by atoms with Crippen molar-refractivity contribution < 1.29 is 27.8 Å². The molecule has 1 N–H and O–H groups in total. The fourth-order valence-corrected chi connectivity index (χ4v) is 3.52. The summed E-state index contributed by atoms with van der Waals surface area (Å²) < 4.78 is 45.1. The molecule has 3 rings (SSSR count). The van der Waals surface area contributed by atoms with Crippen molar-refractivity contribution in [3.8, 4) is 5.75 Å². The number of benzene rings is 1. The lowest BCUT2D eigenvalue weighted by Gasteiger charge is -2.35. The maximum absolute atomic E-state index is 13.4. The molecule has 1 amide bonds. The van der Waals surface area contributed by atoms with Crippen LogP contribution in [0.3, 0.4) is 0 Å². The molecule has 0 unspecified atom stereocenters. The molecular formula is C17H19F3N2O3. The molecule has 2 aliphatic rings. The lowest BCUT2D eigenvalue weighted by Crippen LogP contribution is -2.51. The number of carbonyl (C=O) groups is 1. The zero-order chi connectivity index (χ0) is 18.2. The van der Waals surface area contributed by atoms with E-state index in [1.54, 1.807) is 0 Å². The molecule has 1 aromatic rings. The van der Waals surface area contributed by atoms with Crippen molar-refractivity contribution >= 4 is 11.6 Å². The molecule has 1 heterocycles. The average Bonchev–Trinajstić information content (AvgIpc) is 2.73. The highest BCUT2D eigenvalue weighted by atomic mass is 19.4. The maximum Gasteiger partial charge on any atom is 0.431 e. The van der Waals surface area contributed by atoms with Gasteiger partial charge in [0, 0.05) is 5.56 Å². The van der Waals surface area contributed by atoms with Crippen LogP contribution in [0.15, 0.2) is 29.4 Å². The van der Waals surface area contributed by atoms with Crippen molar-refractivity contribution in [2.45, 2.75) is 44.0 Å². The maximum atomic E-state index is 13.4. The fraction of sp³-hybridized carbons (Fsp3) is 0.529. The van der Waals surface area contributed by atoms with Crippen LogP contribution in [0, 0.1) is 5.92 Å². The quantitative estimate of drug-likeness (QED) is 0.884. The van der Waals surface area contributed by atoms with Gasteiger partial charge in [0.15, 0.2) is 5.72 Å². The van der Waals surface area contributed by atoms with Crippen LogP contribution < -0.4 is 4.74 Å². The molecule has 5 nitrogen and oxygen atoms in total. The molecule has 0 radical (unpaired) electrons. The molecule has 1 fully saturated rings. The summed E-state index contributed by atoms with van der Waals surface area (Å²) in [6.45, 7) is 0. The Morgan fingerprint density at radius 3 is 2.56 bits per heavy atom. The van der Waals surface area contributed by atoms with Gasteiger partial charge >= 0.3 is 6.18 Å². The topological polar surface area (TPSA) is 62.1 Å². The Balaban J connectivity index is 1.99. The lowest BCUT2D eigenvalue weighted by molar-refractivity contribution is -0.108. The van der Waals surface area contributed by atoms with Crippen molar-refractivity contribution in [2.75, 3.05) is 7.11 Å². The molecule has 1 aromatic carbocycles. The Kier molecular flexibility index (Phi) is 4.49. The number of methoxy groups -OCH3 is 1. The third-order valence-corrected chi connectivity index (χ3v) is 4.82. The van der Waals surface area contributed by atoms with Gasteiger partial charge in [0.05, 0.1) is 13.0 Å². The minimum atomic E-state index is -4.68. The second-order valence-corrected chi connectivity index (χ2v) is 6.36. The van der Waals surface area contributed by atoms with Crippen LogP contribution >= 0.6 is 0 Å². The predicted molar refractivity (Wildman–Crippen MR) is 84.2 cm³/mol. The summed E-state index contributed by atoms with van der Waals surface area (Å²) in [4.78, 5) is 12.7. The molecule has 0 saturated heterocycles. The normalized spacial score (nSPS) is 26.7. The zero-order valence-corrected chi connectivity index (χ0v) is 13.7. The molecule has 2 atom stereocenters. The number of fused-ring (bicyclic) bond motifs is 1. The van der Waals surface area contributed by atoms with Crippen LogP contribution in [0.2, 0.25) is 0 Å². The standard InChI is InChI=1S/C17H19F3N2O3/c1-25-12-8-6-11(7-9-12)15(23)22-16(24)10-4-2-3-5-13(16)14(21-22)17(18,19)20/h6-9,13,24H,2-5,10H2,1H3/t13-,16-/m1/s1. The molecular weight excluding hydrogens is 337 g/mol. The number of nitrogens with zero attached hydrogens (tertiary/aromatic N) is 2. The first-order valence-corrected chi connectivity index (χ1v) is 8.14.